The van der Waals surface area contributed by atoms with Crippen molar-refractivity contribution in [2.75, 3.05) is 12.4 Å². The molecule has 0 radical (unpaired) electrons. The molecule has 0 unspecified atom stereocenters. The van der Waals surface area contributed by atoms with Crippen LogP contribution in [0.25, 0.3) is 0 Å². The average molecular weight is 354 g/mol. The van der Waals surface area contributed by atoms with Gasteiger partial charge < -0.3 is 4.74 Å². The van der Waals surface area contributed by atoms with Crippen LogP contribution >= 0.6 is 47.4 Å². The minimum absolute atomic E-state index is 0.148. The van der Waals surface area contributed by atoms with Crippen LogP contribution in [0.4, 0.5) is 0 Å². The van der Waals surface area contributed by atoms with Crippen molar-refractivity contribution in [2.45, 2.75) is 38.5 Å². The van der Waals surface area contributed by atoms with E-state index in [9.17, 15) is 0 Å². The molecule has 1 aromatic rings. The molecule has 0 bridgehead atoms. The summed E-state index contributed by atoms with van der Waals surface area (Å²) < 4.78 is 5.94. The highest BCUT2D eigenvalue weighted by molar-refractivity contribution is 7.80. The predicted molar refractivity (Wildman–Crippen MR) is 91.0 cm³/mol. The van der Waals surface area contributed by atoms with E-state index in [-0.39, 0.29) is 5.41 Å². The van der Waals surface area contributed by atoms with Gasteiger partial charge in [-0.05, 0) is 24.7 Å². The van der Waals surface area contributed by atoms with Crippen molar-refractivity contribution in [3.05, 3.63) is 27.2 Å². The molecule has 1 aliphatic carbocycles. The smallest absolute Gasteiger partial charge is 0.139 e. The standard InChI is InChI=1S/C15H19Cl3OS/c16-11-7-13(18)14(8-12(11)17)19-9-15(10-20)5-3-1-2-4-6-15/h7-8,20H,1-6,9-10H2. The molecule has 2 rings (SSSR count). The van der Waals surface area contributed by atoms with Gasteiger partial charge in [-0.25, -0.2) is 0 Å². The van der Waals surface area contributed by atoms with Crippen LogP contribution in [0.1, 0.15) is 38.5 Å². The predicted octanol–water partition coefficient (Wildman–Crippen LogP) is 6.30. The Balaban J connectivity index is 2.08. The summed E-state index contributed by atoms with van der Waals surface area (Å²) in [5.74, 6) is 1.44. The maximum absolute atomic E-state index is 6.15. The van der Waals surface area contributed by atoms with Crippen LogP contribution in [-0.4, -0.2) is 12.4 Å². The van der Waals surface area contributed by atoms with Crippen molar-refractivity contribution in [2.24, 2.45) is 5.41 Å². The molecule has 0 atom stereocenters. The quantitative estimate of drug-likeness (QED) is 0.380. The Morgan fingerprint density at radius 1 is 0.950 bits per heavy atom. The third-order valence-corrected chi connectivity index (χ3v) is 5.70. The molecule has 0 N–H and O–H groups in total. The number of hydrogen-bond acceptors (Lipinski definition) is 2. The largest absolute Gasteiger partial charge is 0.491 e. The lowest BCUT2D eigenvalue weighted by Crippen LogP contribution is -2.30. The van der Waals surface area contributed by atoms with Gasteiger partial charge in [0.1, 0.15) is 5.75 Å². The van der Waals surface area contributed by atoms with Gasteiger partial charge in [-0.2, -0.15) is 12.6 Å². The van der Waals surface area contributed by atoms with Crippen molar-refractivity contribution in [1.82, 2.24) is 0 Å². The van der Waals surface area contributed by atoms with E-state index in [1.165, 1.54) is 25.7 Å². The van der Waals surface area contributed by atoms with E-state index in [4.69, 9.17) is 39.5 Å². The van der Waals surface area contributed by atoms with Crippen LogP contribution in [0.3, 0.4) is 0 Å². The van der Waals surface area contributed by atoms with Crippen LogP contribution in [0.15, 0.2) is 12.1 Å². The van der Waals surface area contributed by atoms with Gasteiger partial charge in [-0.3, -0.25) is 0 Å². The summed E-state index contributed by atoms with van der Waals surface area (Å²) in [6, 6.07) is 3.32. The summed E-state index contributed by atoms with van der Waals surface area (Å²) in [4.78, 5) is 0. The van der Waals surface area contributed by atoms with Gasteiger partial charge in [0.2, 0.25) is 0 Å². The van der Waals surface area contributed by atoms with E-state index in [2.05, 4.69) is 12.6 Å². The summed E-state index contributed by atoms with van der Waals surface area (Å²) in [6.45, 7) is 0.633. The fourth-order valence-corrected chi connectivity index (χ4v) is 3.67. The van der Waals surface area contributed by atoms with Gasteiger partial charge in [-0.1, -0.05) is 60.5 Å². The molecule has 112 valence electrons. The lowest BCUT2D eigenvalue weighted by atomic mass is 9.83. The number of ether oxygens (including phenoxy) is 1. The third-order valence-electron chi connectivity index (χ3n) is 4.01. The maximum atomic E-state index is 6.15. The Morgan fingerprint density at radius 3 is 2.15 bits per heavy atom. The second-order valence-electron chi connectivity index (χ2n) is 5.56. The molecule has 0 aromatic heterocycles. The van der Waals surface area contributed by atoms with E-state index in [0.29, 0.717) is 27.4 Å². The normalized spacial score (nSPS) is 18.6. The second kappa shape index (κ2) is 7.49. The Morgan fingerprint density at radius 2 is 1.55 bits per heavy atom. The van der Waals surface area contributed by atoms with E-state index >= 15 is 0 Å². The van der Waals surface area contributed by atoms with Crippen LogP contribution in [0.5, 0.6) is 5.75 Å². The molecule has 1 aliphatic rings. The number of benzene rings is 1. The lowest BCUT2D eigenvalue weighted by molar-refractivity contribution is 0.148. The molecule has 20 heavy (non-hydrogen) atoms. The highest BCUT2D eigenvalue weighted by Gasteiger charge is 2.30. The second-order valence-corrected chi connectivity index (χ2v) is 7.10. The fraction of sp³-hybridized carbons (Fsp3) is 0.600. The van der Waals surface area contributed by atoms with Gasteiger partial charge in [0.15, 0.2) is 0 Å². The molecular formula is C15H19Cl3OS. The SMILES string of the molecule is SCC1(COc2cc(Cl)c(Cl)cc2Cl)CCCCCC1. The van der Waals surface area contributed by atoms with Crippen molar-refractivity contribution < 1.29 is 4.74 Å². The van der Waals surface area contributed by atoms with Crippen molar-refractivity contribution in [1.29, 1.82) is 0 Å². The Labute approximate surface area is 141 Å². The Hall–Kier alpha value is 0.240. The molecule has 1 fully saturated rings. The molecule has 5 heteroatoms. The monoisotopic (exact) mass is 352 g/mol. The van der Waals surface area contributed by atoms with Gasteiger partial charge in [0.25, 0.3) is 0 Å². The zero-order valence-corrected chi connectivity index (χ0v) is 14.5. The maximum Gasteiger partial charge on any atom is 0.139 e. The van der Waals surface area contributed by atoms with Crippen molar-refractivity contribution in [3.63, 3.8) is 0 Å². The molecule has 0 heterocycles. The molecular weight excluding hydrogens is 335 g/mol. The van der Waals surface area contributed by atoms with Crippen LogP contribution in [0.2, 0.25) is 15.1 Å². The Bertz CT molecular complexity index is 457. The first kappa shape index (κ1) is 16.6. The Kier molecular flexibility index (Phi) is 6.22. The minimum Gasteiger partial charge on any atom is -0.491 e. The first-order chi connectivity index (χ1) is 9.56. The lowest BCUT2D eigenvalue weighted by Gasteiger charge is -2.31. The van der Waals surface area contributed by atoms with Crippen LogP contribution in [0, 0.1) is 5.41 Å². The molecule has 0 saturated heterocycles. The van der Waals surface area contributed by atoms with Gasteiger partial charge in [0, 0.05) is 11.5 Å². The fourth-order valence-electron chi connectivity index (χ4n) is 2.67. The summed E-state index contributed by atoms with van der Waals surface area (Å²) in [6.07, 6.45) is 7.44. The highest BCUT2D eigenvalue weighted by atomic mass is 35.5. The average Bonchev–Trinajstić information content (AvgIpc) is 2.67. The van der Waals surface area contributed by atoms with Crippen LogP contribution < -0.4 is 4.74 Å². The van der Waals surface area contributed by atoms with Crippen LogP contribution in [-0.2, 0) is 0 Å². The number of hydrogen-bond donors (Lipinski definition) is 1. The van der Waals surface area contributed by atoms with Gasteiger partial charge in [-0.15, -0.1) is 0 Å². The third kappa shape index (κ3) is 4.13. The molecule has 1 nitrogen and oxygen atoms in total. The summed E-state index contributed by atoms with van der Waals surface area (Å²) in [5.41, 5.74) is 0.148. The van der Waals surface area contributed by atoms with Crippen molar-refractivity contribution >= 4 is 47.4 Å². The highest BCUT2D eigenvalue weighted by Crippen LogP contribution is 2.39. The molecule has 0 amide bonds. The van der Waals surface area contributed by atoms with E-state index in [1.807, 2.05) is 0 Å². The zero-order chi connectivity index (χ0) is 14.6. The summed E-state index contributed by atoms with van der Waals surface area (Å²) in [7, 11) is 0. The molecule has 1 saturated carbocycles. The number of thiol groups is 1. The van der Waals surface area contributed by atoms with Gasteiger partial charge >= 0.3 is 0 Å². The molecule has 1 aromatic carbocycles. The first-order valence-corrected chi connectivity index (χ1v) is 8.71. The van der Waals surface area contributed by atoms with E-state index in [0.717, 1.165) is 18.6 Å². The number of halogens is 3. The summed E-state index contributed by atoms with van der Waals surface area (Å²) >= 11 is 22.6. The zero-order valence-electron chi connectivity index (χ0n) is 11.3. The minimum atomic E-state index is 0.148. The van der Waals surface area contributed by atoms with Gasteiger partial charge in [0.05, 0.1) is 21.7 Å². The summed E-state index contributed by atoms with van der Waals surface area (Å²) in [5, 5.41) is 1.41. The van der Waals surface area contributed by atoms with E-state index < -0.39 is 0 Å². The topological polar surface area (TPSA) is 9.23 Å². The molecule has 0 spiro atoms. The molecule has 0 aliphatic heterocycles. The number of rotatable bonds is 4. The van der Waals surface area contributed by atoms with E-state index in [1.54, 1.807) is 12.1 Å². The van der Waals surface area contributed by atoms with Crippen molar-refractivity contribution in [3.8, 4) is 5.75 Å². The first-order valence-electron chi connectivity index (χ1n) is 6.94.